The van der Waals surface area contributed by atoms with Gasteiger partial charge < -0.3 is 4.74 Å². The van der Waals surface area contributed by atoms with Gasteiger partial charge in [0.15, 0.2) is 0 Å². The number of nitrogens with zero attached hydrogens (tertiary/aromatic N) is 3. The van der Waals surface area contributed by atoms with Crippen LogP contribution >= 0.6 is 11.6 Å². The Morgan fingerprint density at radius 3 is 2.88 bits per heavy atom. The second-order valence-electron chi connectivity index (χ2n) is 6.48. The molecule has 3 rings (SSSR count). The Kier molecular flexibility index (Phi) is 5.86. The predicted octanol–water partition coefficient (Wildman–Crippen LogP) is 2.28. The fourth-order valence-electron chi connectivity index (χ4n) is 2.96. The van der Waals surface area contributed by atoms with Crippen LogP contribution in [-0.4, -0.2) is 61.0 Å². The molecule has 1 N–H and O–H groups in total. The maximum absolute atomic E-state index is 12.2. The summed E-state index contributed by atoms with van der Waals surface area (Å²) < 4.78 is 32.9. The number of halogens is 1. The molecule has 1 aliphatic rings. The summed E-state index contributed by atoms with van der Waals surface area (Å²) in [6.07, 6.45) is 1.44. The van der Waals surface area contributed by atoms with Crippen molar-refractivity contribution in [2.75, 3.05) is 33.8 Å². The van der Waals surface area contributed by atoms with Crippen LogP contribution in [0, 0.1) is 0 Å². The first-order valence-electron chi connectivity index (χ1n) is 8.47. The standard InChI is InChI=1S/C17H23ClN4O3S/c1-21(2)26(23,24)22-9-7-13(12-22)16-11-14(19-20-16)8-10-25-17-6-4-3-5-15(17)18/h3-6,11,13H,7-10,12H2,1-2H3,(H,19,20)/t13-/m0/s1. The van der Waals surface area contributed by atoms with Gasteiger partial charge in [-0.3, -0.25) is 5.10 Å². The highest BCUT2D eigenvalue weighted by Crippen LogP contribution is 2.29. The van der Waals surface area contributed by atoms with E-state index in [0.717, 1.165) is 17.8 Å². The topological polar surface area (TPSA) is 78.5 Å². The SMILES string of the molecule is CN(C)S(=O)(=O)N1CC[C@H](c2cc(CCOc3ccccc3Cl)[nH]n2)C1. The van der Waals surface area contributed by atoms with E-state index in [9.17, 15) is 8.42 Å². The number of aromatic nitrogens is 2. The van der Waals surface area contributed by atoms with E-state index in [1.165, 1.54) is 8.61 Å². The number of para-hydroxylation sites is 1. The lowest BCUT2D eigenvalue weighted by Crippen LogP contribution is -2.38. The van der Waals surface area contributed by atoms with Gasteiger partial charge in [0, 0.05) is 45.2 Å². The third-order valence-electron chi connectivity index (χ3n) is 4.47. The third kappa shape index (κ3) is 4.20. The summed E-state index contributed by atoms with van der Waals surface area (Å²) in [6, 6.07) is 9.35. The average molecular weight is 399 g/mol. The Bertz CT molecular complexity index is 853. The van der Waals surface area contributed by atoms with Crippen LogP contribution in [0.5, 0.6) is 5.75 Å². The molecular weight excluding hydrogens is 376 g/mol. The molecule has 0 saturated carbocycles. The fourth-order valence-corrected chi connectivity index (χ4v) is 4.32. The van der Waals surface area contributed by atoms with Crippen molar-refractivity contribution in [3.05, 3.63) is 46.7 Å². The first-order chi connectivity index (χ1) is 12.4. The molecule has 142 valence electrons. The van der Waals surface area contributed by atoms with Crippen molar-refractivity contribution in [2.45, 2.75) is 18.8 Å². The Hall–Kier alpha value is -1.61. The molecule has 0 spiro atoms. The van der Waals surface area contributed by atoms with Crippen molar-refractivity contribution >= 4 is 21.8 Å². The summed E-state index contributed by atoms with van der Waals surface area (Å²) in [7, 11) is -0.264. The Morgan fingerprint density at radius 2 is 2.15 bits per heavy atom. The molecule has 2 heterocycles. The monoisotopic (exact) mass is 398 g/mol. The first kappa shape index (κ1) is 19.2. The van der Waals surface area contributed by atoms with Crippen molar-refractivity contribution in [1.82, 2.24) is 18.8 Å². The van der Waals surface area contributed by atoms with Gasteiger partial charge in [0.2, 0.25) is 0 Å². The summed E-state index contributed by atoms with van der Waals surface area (Å²) in [4.78, 5) is 0. The van der Waals surface area contributed by atoms with Gasteiger partial charge in [-0.05, 0) is 24.6 Å². The number of nitrogens with one attached hydrogen (secondary N) is 1. The number of rotatable bonds is 7. The molecule has 9 heteroatoms. The molecule has 7 nitrogen and oxygen atoms in total. The molecule has 2 aromatic rings. The van der Waals surface area contributed by atoms with Crippen molar-refractivity contribution in [3.8, 4) is 5.75 Å². The molecule has 0 amide bonds. The van der Waals surface area contributed by atoms with Gasteiger partial charge in [-0.15, -0.1) is 0 Å². The summed E-state index contributed by atoms with van der Waals surface area (Å²) >= 11 is 6.07. The van der Waals surface area contributed by atoms with Crippen molar-refractivity contribution < 1.29 is 13.2 Å². The number of H-pyrrole nitrogens is 1. The van der Waals surface area contributed by atoms with Gasteiger partial charge in [-0.2, -0.15) is 22.1 Å². The zero-order valence-corrected chi connectivity index (χ0v) is 16.4. The molecule has 0 unspecified atom stereocenters. The lowest BCUT2D eigenvalue weighted by atomic mass is 10.0. The minimum Gasteiger partial charge on any atom is -0.492 e. The fraction of sp³-hybridized carbons (Fsp3) is 0.471. The maximum atomic E-state index is 12.2. The Morgan fingerprint density at radius 1 is 1.38 bits per heavy atom. The van der Waals surface area contributed by atoms with Crippen LogP contribution in [0.4, 0.5) is 0 Å². The Balaban J connectivity index is 1.55. The molecule has 26 heavy (non-hydrogen) atoms. The number of ether oxygens (including phenoxy) is 1. The van der Waals surface area contributed by atoms with Crippen molar-refractivity contribution in [2.24, 2.45) is 0 Å². The van der Waals surface area contributed by atoms with E-state index in [2.05, 4.69) is 10.2 Å². The molecule has 0 aliphatic carbocycles. The molecular formula is C17H23ClN4O3S. The summed E-state index contributed by atoms with van der Waals surface area (Å²) in [5, 5.41) is 7.97. The molecule has 1 saturated heterocycles. The summed E-state index contributed by atoms with van der Waals surface area (Å²) in [5.74, 6) is 0.772. The van der Waals surface area contributed by atoms with Crippen LogP contribution in [0.2, 0.25) is 5.02 Å². The van der Waals surface area contributed by atoms with E-state index in [1.807, 2.05) is 24.3 Å². The predicted molar refractivity (Wildman–Crippen MR) is 101 cm³/mol. The van der Waals surface area contributed by atoms with E-state index in [1.54, 1.807) is 20.2 Å². The van der Waals surface area contributed by atoms with Crippen LogP contribution in [0.25, 0.3) is 0 Å². The third-order valence-corrected chi connectivity index (χ3v) is 6.69. The number of hydrogen-bond donors (Lipinski definition) is 1. The molecule has 0 bridgehead atoms. The van der Waals surface area contributed by atoms with Crippen LogP contribution in [0.15, 0.2) is 30.3 Å². The first-order valence-corrected chi connectivity index (χ1v) is 10.2. The van der Waals surface area contributed by atoms with Crippen LogP contribution in [0.1, 0.15) is 23.7 Å². The lowest BCUT2D eigenvalue weighted by molar-refractivity contribution is 0.320. The second kappa shape index (κ2) is 7.96. The van der Waals surface area contributed by atoms with Gasteiger partial charge in [0.1, 0.15) is 5.75 Å². The van der Waals surface area contributed by atoms with Crippen LogP contribution in [0.3, 0.4) is 0 Å². The average Bonchev–Trinajstić information content (AvgIpc) is 3.25. The highest BCUT2D eigenvalue weighted by molar-refractivity contribution is 7.86. The second-order valence-corrected chi connectivity index (χ2v) is 9.03. The molecule has 1 aromatic carbocycles. The molecule has 1 atom stereocenters. The zero-order chi connectivity index (χ0) is 18.7. The van der Waals surface area contributed by atoms with Gasteiger partial charge in [0.25, 0.3) is 10.2 Å². The number of aromatic amines is 1. The van der Waals surface area contributed by atoms with Gasteiger partial charge in [-0.1, -0.05) is 23.7 Å². The number of benzene rings is 1. The number of hydrogen-bond acceptors (Lipinski definition) is 4. The van der Waals surface area contributed by atoms with Crippen LogP contribution in [-0.2, 0) is 16.6 Å². The quantitative estimate of drug-likeness (QED) is 0.776. The van der Waals surface area contributed by atoms with E-state index >= 15 is 0 Å². The van der Waals surface area contributed by atoms with Crippen molar-refractivity contribution in [1.29, 1.82) is 0 Å². The summed E-state index contributed by atoms with van der Waals surface area (Å²) in [6.45, 7) is 1.46. The van der Waals surface area contributed by atoms with E-state index < -0.39 is 10.2 Å². The van der Waals surface area contributed by atoms with Crippen LogP contribution < -0.4 is 4.74 Å². The van der Waals surface area contributed by atoms with E-state index in [4.69, 9.17) is 16.3 Å². The zero-order valence-electron chi connectivity index (χ0n) is 14.9. The van der Waals surface area contributed by atoms with E-state index in [0.29, 0.717) is 36.9 Å². The summed E-state index contributed by atoms with van der Waals surface area (Å²) in [5.41, 5.74) is 1.86. The largest absolute Gasteiger partial charge is 0.492 e. The smallest absolute Gasteiger partial charge is 0.281 e. The van der Waals surface area contributed by atoms with E-state index in [-0.39, 0.29) is 5.92 Å². The van der Waals surface area contributed by atoms with Crippen molar-refractivity contribution in [3.63, 3.8) is 0 Å². The van der Waals surface area contributed by atoms with Gasteiger partial charge in [0.05, 0.1) is 17.3 Å². The highest BCUT2D eigenvalue weighted by Gasteiger charge is 2.34. The minimum atomic E-state index is -3.36. The molecule has 1 fully saturated rings. The van der Waals surface area contributed by atoms with Gasteiger partial charge in [-0.25, -0.2) is 0 Å². The molecule has 1 aliphatic heterocycles. The Labute approximate surface area is 159 Å². The maximum Gasteiger partial charge on any atom is 0.281 e. The highest BCUT2D eigenvalue weighted by atomic mass is 35.5. The normalized spacial score (nSPS) is 18.5. The lowest BCUT2D eigenvalue weighted by Gasteiger charge is -2.20. The molecule has 0 radical (unpaired) electrons. The minimum absolute atomic E-state index is 0.110. The molecule has 1 aromatic heterocycles. The van der Waals surface area contributed by atoms with Gasteiger partial charge >= 0.3 is 0 Å².